The van der Waals surface area contributed by atoms with Crippen LogP contribution >= 0.6 is 23.2 Å². The van der Waals surface area contributed by atoms with Crippen LogP contribution in [-0.2, 0) is 16.6 Å². The van der Waals surface area contributed by atoms with Gasteiger partial charge in [0.05, 0.1) is 18.2 Å². The number of methoxy groups -OCH3 is 1. The van der Waals surface area contributed by atoms with E-state index < -0.39 is 10.0 Å². The number of ether oxygens (including phenoxy) is 2. The number of nitrogens with one attached hydrogen (secondary N) is 1. The molecular weight excluding hydrogens is 459 g/mol. The summed E-state index contributed by atoms with van der Waals surface area (Å²) in [5.41, 5.74) is 2.37. The first-order valence-electron chi connectivity index (χ1n) is 9.15. The molecule has 162 valence electrons. The van der Waals surface area contributed by atoms with Crippen molar-refractivity contribution in [3.63, 3.8) is 0 Å². The largest absolute Gasteiger partial charge is 0.493 e. The first kappa shape index (κ1) is 22.9. The topological polar surface area (TPSA) is 77.0 Å². The van der Waals surface area contributed by atoms with Crippen LogP contribution in [0, 0.1) is 6.92 Å². The quantitative estimate of drug-likeness (QED) is 0.356. The minimum Gasteiger partial charge on any atom is -0.493 e. The number of halogens is 2. The van der Waals surface area contributed by atoms with Gasteiger partial charge in [-0.15, -0.1) is 0 Å². The van der Waals surface area contributed by atoms with Gasteiger partial charge in [0.15, 0.2) is 11.5 Å². The van der Waals surface area contributed by atoms with Crippen molar-refractivity contribution in [3.8, 4) is 11.5 Å². The Balaban J connectivity index is 1.68. The summed E-state index contributed by atoms with van der Waals surface area (Å²) in [5, 5.41) is 4.90. The molecule has 3 rings (SSSR count). The molecule has 0 atom stereocenters. The molecule has 3 aromatic rings. The van der Waals surface area contributed by atoms with Gasteiger partial charge < -0.3 is 9.47 Å². The van der Waals surface area contributed by atoms with Crippen molar-refractivity contribution in [2.45, 2.75) is 18.4 Å². The first-order chi connectivity index (χ1) is 14.8. The molecule has 0 aromatic heterocycles. The van der Waals surface area contributed by atoms with Gasteiger partial charge in [-0.3, -0.25) is 0 Å². The van der Waals surface area contributed by atoms with E-state index in [-0.39, 0.29) is 11.5 Å². The highest BCUT2D eigenvalue weighted by Gasteiger charge is 2.12. The molecule has 1 N–H and O–H groups in total. The Morgan fingerprint density at radius 2 is 1.74 bits per heavy atom. The third kappa shape index (κ3) is 6.13. The fraction of sp³-hybridized carbons (Fsp3) is 0.136. The Hall–Kier alpha value is -2.74. The molecule has 6 nitrogen and oxygen atoms in total. The Morgan fingerprint density at radius 3 is 2.42 bits per heavy atom. The number of rotatable bonds is 8. The molecule has 0 aliphatic heterocycles. The maximum Gasteiger partial charge on any atom is 0.276 e. The summed E-state index contributed by atoms with van der Waals surface area (Å²) >= 11 is 12.1. The zero-order valence-electron chi connectivity index (χ0n) is 16.8. The summed E-state index contributed by atoms with van der Waals surface area (Å²) < 4.78 is 35.8. The number of hydrazone groups is 1. The van der Waals surface area contributed by atoms with Crippen molar-refractivity contribution in [2.24, 2.45) is 5.10 Å². The number of sulfonamides is 1. The molecule has 0 amide bonds. The van der Waals surface area contributed by atoms with Gasteiger partial charge in [0, 0.05) is 15.6 Å². The molecule has 31 heavy (non-hydrogen) atoms. The molecule has 0 spiro atoms. The fourth-order valence-electron chi connectivity index (χ4n) is 2.62. The van der Waals surface area contributed by atoms with Gasteiger partial charge >= 0.3 is 0 Å². The Morgan fingerprint density at radius 1 is 1.00 bits per heavy atom. The number of hydrogen-bond donors (Lipinski definition) is 1. The minimum atomic E-state index is -3.74. The van der Waals surface area contributed by atoms with Gasteiger partial charge in [-0.2, -0.15) is 13.5 Å². The molecule has 9 heteroatoms. The standard InChI is InChI=1S/C22H20Cl2N2O4S/c1-15-3-8-19(9-4-15)31(27,28)26-25-13-16-5-10-21(22(11-16)29-2)30-14-17-6-7-18(23)12-20(17)24/h3-13,26H,14H2,1-2H3/b25-13-. The molecule has 0 saturated carbocycles. The maximum absolute atomic E-state index is 12.3. The normalized spacial score (nSPS) is 11.5. The maximum atomic E-state index is 12.3. The first-order valence-corrected chi connectivity index (χ1v) is 11.4. The Kier molecular flexibility index (Phi) is 7.43. The van der Waals surface area contributed by atoms with Gasteiger partial charge in [-0.1, -0.05) is 47.0 Å². The van der Waals surface area contributed by atoms with Gasteiger partial charge in [-0.25, -0.2) is 4.83 Å². The molecule has 0 unspecified atom stereocenters. The van der Waals surface area contributed by atoms with E-state index in [0.29, 0.717) is 27.1 Å². The molecule has 0 bridgehead atoms. The Labute approximate surface area is 191 Å². The average Bonchev–Trinajstić information content (AvgIpc) is 2.74. The molecule has 0 radical (unpaired) electrons. The number of nitrogens with zero attached hydrogens (tertiary/aromatic N) is 1. The smallest absolute Gasteiger partial charge is 0.276 e. The summed E-state index contributed by atoms with van der Waals surface area (Å²) in [6.45, 7) is 2.11. The van der Waals surface area contributed by atoms with Gasteiger partial charge in [0.2, 0.25) is 0 Å². The summed E-state index contributed by atoms with van der Waals surface area (Å²) in [7, 11) is -2.23. The van der Waals surface area contributed by atoms with Crippen LogP contribution in [0.1, 0.15) is 16.7 Å². The van der Waals surface area contributed by atoms with E-state index in [4.69, 9.17) is 32.7 Å². The SMILES string of the molecule is COc1cc(/C=N\NS(=O)(=O)c2ccc(C)cc2)ccc1OCc1ccc(Cl)cc1Cl. The van der Waals surface area contributed by atoms with Crippen LogP contribution in [0.3, 0.4) is 0 Å². The van der Waals surface area contributed by atoms with Gasteiger partial charge in [0.1, 0.15) is 6.61 Å². The van der Waals surface area contributed by atoms with E-state index in [1.165, 1.54) is 25.5 Å². The van der Waals surface area contributed by atoms with E-state index in [0.717, 1.165) is 11.1 Å². The van der Waals surface area contributed by atoms with Crippen molar-refractivity contribution >= 4 is 39.4 Å². The zero-order valence-corrected chi connectivity index (χ0v) is 19.1. The lowest BCUT2D eigenvalue weighted by Gasteiger charge is -2.12. The van der Waals surface area contributed by atoms with E-state index in [1.54, 1.807) is 48.5 Å². The summed E-state index contributed by atoms with van der Waals surface area (Å²) in [6, 6.07) is 16.8. The molecule has 3 aromatic carbocycles. The predicted octanol–water partition coefficient (Wildman–Crippen LogP) is 5.20. The van der Waals surface area contributed by atoms with Crippen molar-refractivity contribution in [1.82, 2.24) is 4.83 Å². The van der Waals surface area contributed by atoms with Crippen LogP contribution in [0.4, 0.5) is 0 Å². The number of benzene rings is 3. The van der Waals surface area contributed by atoms with Crippen LogP contribution in [-0.4, -0.2) is 21.7 Å². The highest BCUT2D eigenvalue weighted by Crippen LogP contribution is 2.29. The van der Waals surface area contributed by atoms with E-state index in [2.05, 4.69) is 9.93 Å². The van der Waals surface area contributed by atoms with Crippen molar-refractivity contribution in [1.29, 1.82) is 0 Å². The number of hydrogen-bond acceptors (Lipinski definition) is 5. The molecule has 0 heterocycles. The fourth-order valence-corrected chi connectivity index (χ4v) is 3.87. The third-order valence-corrected chi connectivity index (χ3v) is 6.13. The summed E-state index contributed by atoms with van der Waals surface area (Å²) in [5.74, 6) is 0.973. The van der Waals surface area contributed by atoms with E-state index in [9.17, 15) is 8.42 Å². The molecule has 0 saturated heterocycles. The molecule has 0 aliphatic rings. The molecule has 0 aliphatic carbocycles. The van der Waals surface area contributed by atoms with Crippen LogP contribution in [0.2, 0.25) is 10.0 Å². The monoisotopic (exact) mass is 478 g/mol. The van der Waals surface area contributed by atoms with Gasteiger partial charge in [0.25, 0.3) is 10.0 Å². The van der Waals surface area contributed by atoms with Crippen molar-refractivity contribution in [3.05, 3.63) is 87.4 Å². The lowest BCUT2D eigenvalue weighted by atomic mass is 10.2. The lowest BCUT2D eigenvalue weighted by Crippen LogP contribution is -2.18. The summed E-state index contributed by atoms with van der Waals surface area (Å²) in [4.78, 5) is 2.33. The second kappa shape index (κ2) is 10.0. The number of aryl methyl sites for hydroxylation is 1. The molecule has 0 fully saturated rings. The van der Waals surface area contributed by atoms with Crippen LogP contribution in [0.15, 0.2) is 70.7 Å². The van der Waals surface area contributed by atoms with Crippen molar-refractivity contribution in [2.75, 3.05) is 7.11 Å². The average molecular weight is 479 g/mol. The second-order valence-electron chi connectivity index (χ2n) is 6.60. The van der Waals surface area contributed by atoms with Gasteiger partial charge in [-0.05, 0) is 55.0 Å². The zero-order chi connectivity index (χ0) is 22.4. The lowest BCUT2D eigenvalue weighted by molar-refractivity contribution is 0.284. The van der Waals surface area contributed by atoms with Crippen LogP contribution in [0.5, 0.6) is 11.5 Å². The minimum absolute atomic E-state index is 0.137. The highest BCUT2D eigenvalue weighted by molar-refractivity contribution is 7.89. The second-order valence-corrected chi connectivity index (χ2v) is 9.11. The summed E-state index contributed by atoms with van der Waals surface area (Å²) in [6.07, 6.45) is 1.38. The van der Waals surface area contributed by atoms with E-state index >= 15 is 0 Å². The Bertz CT molecular complexity index is 1200. The van der Waals surface area contributed by atoms with E-state index in [1.807, 2.05) is 6.92 Å². The van der Waals surface area contributed by atoms with Crippen molar-refractivity contribution < 1.29 is 17.9 Å². The van der Waals surface area contributed by atoms with Crippen LogP contribution in [0.25, 0.3) is 0 Å². The molecular formula is C22H20Cl2N2O4S. The predicted molar refractivity (Wildman–Crippen MR) is 123 cm³/mol. The highest BCUT2D eigenvalue weighted by atomic mass is 35.5. The third-order valence-electron chi connectivity index (χ3n) is 4.30. The van der Waals surface area contributed by atoms with Crippen LogP contribution < -0.4 is 14.3 Å².